The maximum atomic E-state index is 12.5. The van der Waals surface area contributed by atoms with Gasteiger partial charge in [0.05, 0.1) is 23.6 Å². The molecule has 21 heavy (non-hydrogen) atoms. The van der Waals surface area contributed by atoms with E-state index < -0.39 is 0 Å². The zero-order valence-electron chi connectivity index (χ0n) is 11.9. The Morgan fingerprint density at radius 3 is 2.86 bits per heavy atom. The van der Waals surface area contributed by atoms with Crippen molar-refractivity contribution in [2.45, 2.75) is 44.4 Å². The predicted octanol–water partition coefficient (Wildman–Crippen LogP) is 3.09. The van der Waals surface area contributed by atoms with Crippen molar-refractivity contribution in [2.24, 2.45) is 0 Å². The van der Waals surface area contributed by atoms with Crippen molar-refractivity contribution >= 4 is 28.8 Å². The first-order chi connectivity index (χ1) is 10.2. The Morgan fingerprint density at radius 2 is 2.14 bits per heavy atom. The van der Waals surface area contributed by atoms with E-state index in [9.17, 15) is 4.79 Å². The van der Waals surface area contributed by atoms with Gasteiger partial charge in [0.2, 0.25) is 5.91 Å². The Bertz CT molecular complexity index is 487. The summed E-state index contributed by atoms with van der Waals surface area (Å²) in [5.74, 6) is 0.198. The Morgan fingerprint density at radius 1 is 1.33 bits per heavy atom. The van der Waals surface area contributed by atoms with E-state index in [0.29, 0.717) is 19.6 Å². The highest BCUT2D eigenvalue weighted by Gasteiger charge is 2.35. The summed E-state index contributed by atoms with van der Waals surface area (Å²) >= 11 is 7.47. The van der Waals surface area contributed by atoms with Gasteiger partial charge in [-0.25, -0.2) is 0 Å². The maximum absolute atomic E-state index is 12.5. The number of carbonyl (C=O) groups is 1. The van der Waals surface area contributed by atoms with Crippen LogP contribution in [-0.4, -0.2) is 42.9 Å². The van der Waals surface area contributed by atoms with Gasteiger partial charge in [0.15, 0.2) is 6.29 Å². The highest BCUT2D eigenvalue weighted by molar-refractivity contribution is 7.16. The minimum atomic E-state index is -0.231. The molecular weight excluding hydrogens is 310 g/mol. The molecule has 116 valence electrons. The number of thiophene rings is 1. The van der Waals surface area contributed by atoms with E-state index in [1.807, 2.05) is 17.0 Å². The fraction of sp³-hybridized carbons (Fsp3) is 0.667. The van der Waals surface area contributed by atoms with Crippen LogP contribution in [0.5, 0.6) is 0 Å². The van der Waals surface area contributed by atoms with Crippen LogP contribution >= 0.6 is 22.9 Å². The summed E-state index contributed by atoms with van der Waals surface area (Å²) in [7, 11) is 0. The summed E-state index contributed by atoms with van der Waals surface area (Å²) < 4.78 is 12.0. The van der Waals surface area contributed by atoms with Gasteiger partial charge in [0, 0.05) is 17.8 Å². The molecule has 2 saturated heterocycles. The van der Waals surface area contributed by atoms with Gasteiger partial charge in [-0.2, -0.15) is 0 Å². The Balaban J connectivity index is 1.58. The minimum absolute atomic E-state index is 0.0840. The van der Waals surface area contributed by atoms with E-state index in [4.69, 9.17) is 21.1 Å². The van der Waals surface area contributed by atoms with Crippen LogP contribution in [0.1, 0.15) is 30.6 Å². The van der Waals surface area contributed by atoms with Gasteiger partial charge in [0.1, 0.15) is 0 Å². The molecule has 0 aliphatic carbocycles. The fourth-order valence-corrected chi connectivity index (χ4v) is 4.10. The molecule has 3 heterocycles. The number of hydrogen-bond donors (Lipinski definition) is 0. The molecule has 0 radical (unpaired) electrons. The molecule has 0 saturated carbocycles. The van der Waals surface area contributed by atoms with Gasteiger partial charge in [0.25, 0.3) is 0 Å². The number of piperidine rings is 1. The Hall–Kier alpha value is -0.620. The zero-order valence-corrected chi connectivity index (χ0v) is 13.5. The first-order valence-corrected chi connectivity index (χ1v) is 8.70. The van der Waals surface area contributed by atoms with Crippen LogP contribution < -0.4 is 0 Å². The van der Waals surface area contributed by atoms with Crippen molar-refractivity contribution < 1.29 is 14.3 Å². The molecule has 2 aliphatic rings. The zero-order chi connectivity index (χ0) is 14.7. The molecular formula is C15H20ClNO3S. The number of ether oxygens (including phenoxy) is 2. The van der Waals surface area contributed by atoms with Crippen LogP contribution in [0.4, 0.5) is 0 Å². The third-order valence-corrected chi connectivity index (χ3v) is 5.34. The van der Waals surface area contributed by atoms with Gasteiger partial charge in [-0.05, 0) is 37.8 Å². The van der Waals surface area contributed by atoms with E-state index in [2.05, 4.69) is 0 Å². The Labute approximate surface area is 134 Å². The molecule has 0 bridgehead atoms. The lowest BCUT2D eigenvalue weighted by Gasteiger charge is -2.38. The van der Waals surface area contributed by atoms with Crippen LogP contribution in [0, 0.1) is 0 Å². The largest absolute Gasteiger partial charge is 0.348 e. The van der Waals surface area contributed by atoms with Gasteiger partial charge in [-0.15, -0.1) is 11.3 Å². The number of rotatable bonds is 4. The maximum Gasteiger partial charge on any atom is 0.223 e. The highest BCUT2D eigenvalue weighted by atomic mass is 35.5. The van der Waals surface area contributed by atoms with Crippen molar-refractivity contribution in [3.05, 3.63) is 21.3 Å². The second kappa shape index (κ2) is 7.09. The summed E-state index contributed by atoms with van der Waals surface area (Å²) in [5.41, 5.74) is 0. The monoisotopic (exact) mass is 329 g/mol. The smallest absolute Gasteiger partial charge is 0.223 e. The topological polar surface area (TPSA) is 38.8 Å². The molecule has 1 amide bonds. The molecule has 0 spiro atoms. The van der Waals surface area contributed by atoms with Crippen LogP contribution in [0.3, 0.4) is 0 Å². The van der Waals surface area contributed by atoms with Crippen molar-refractivity contribution in [3.8, 4) is 0 Å². The highest BCUT2D eigenvalue weighted by Crippen LogP contribution is 2.26. The third-order valence-electron chi connectivity index (χ3n) is 4.05. The molecule has 1 aromatic heterocycles. The molecule has 2 fully saturated rings. The quantitative estimate of drug-likeness (QED) is 0.852. The van der Waals surface area contributed by atoms with Crippen molar-refractivity contribution in [2.75, 3.05) is 19.8 Å². The fourth-order valence-electron chi connectivity index (χ4n) is 3.01. The van der Waals surface area contributed by atoms with Crippen molar-refractivity contribution in [1.29, 1.82) is 0 Å². The summed E-state index contributed by atoms with van der Waals surface area (Å²) in [6, 6.07) is 3.97. The average Bonchev–Trinajstić information content (AvgIpc) is 3.16. The second-order valence-corrected chi connectivity index (χ2v) is 7.27. The molecule has 1 unspecified atom stereocenters. The lowest BCUT2D eigenvalue weighted by molar-refractivity contribution is -0.150. The van der Waals surface area contributed by atoms with Crippen LogP contribution in [-0.2, 0) is 20.7 Å². The first kappa shape index (κ1) is 15.3. The van der Waals surface area contributed by atoms with E-state index >= 15 is 0 Å². The number of hydrogen-bond acceptors (Lipinski definition) is 4. The van der Waals surface area contributed by atoms with Gasteiger partial charge < -0.3 is 14.4 Å². The molecule has 0 N–H and O–H groups in total. The first-order valence-electron chi connectivity index (χ1n) is 7.51. The average molecular weight is 330 g/mol. The lowest BCUT2D eigenvalue weighted by Crippen LogP contribution is -2.50. The van der Waals surface area contributed by atoms with Crippen LogP contribution in [0.2, 0.25) is 4.34 Å². The molecule has 1 atom stereocenters. The molecule has 2 aliphatic heterocycles. The van der Waals surface area contributed by atoms with Crippen molar-refractivity contribution in [3.63, 3.8) is 0 Å². The van der Waals surface area contributed by atoms with E-state index in [0.717, 1.165) is 41.4 Å². The van der Waals surface area contributed by atoms with Crippen molar-refractivity contribution in [1.82, 2.24) is 4.90 Å². The molecule has 6 heteroatoms. The number of aryl methyl sites for hydroxylation is 1. The SMILES string of the molecule is O=C(CCc1ccc(Cl)s1)N1CCCCC1C1OCCO1. The molecule has 4 nitrogen and oxygen atoms in total. The molecule has 3 rings (SSSR count). The van der Waals surface area contributed by atoms with Gasteiger partial charge in [-0.3, -0.25) is 4.79 Å². The van der Waals surface area contributed by atoms with Crippen LogP contribution in [0.15, 0.2) is 12.1 Å². The molecule has 0 aromatic carbocycles. The van der Waals surface area contributed by atoms with E-state index in [1.165, 1.54) is 0 Å². The number of carbonyl (C=O) groups excluding carboxylic acids is 1. The molecule has 1 aromatic rings. The van der Waals surface area contributed by atoms with Gasteiger partial charge in [-0.1, -0.05) is 11.6 Å². The summed E-state index contributed by atoms with van der Waals surface area (Å²) in [4.78, 5) is 15.7. The predicted molar refractivity (Wildman–Crippen MR) is 82.7 cm³/mol. The standard InChI is InChI=1S/C15H20ClNO3S/c16-13-6-4-11(21-13)5-7-14(18)17-8-2-1-3-12(17)15-19-9-10-20-15/h4,6,12,15H,1-3,5,7-10H2. The van der Waals surface area contributed by atoms with E-state index in [-0.39, 0.29) is 18.2 Å². The number of halogens is 1. The second-order valence-electron chi connectivity index (χ2n) is 5.47. The number of amides is 1. The lowest BCUT2D eigenvalue weighted by atomic mass is 10.0. The Kier molecular flexibility index (Phi) is 5.16. The summed E-state index contributed by atoms with van der Waals surface area (Å²) in [6.07, 6.45) is 4.23. The van der Waals surface area contributed by atoms with Gasteiger partial charge >= 0.3 is 0 Å². The minimum Gasteiger partial charge on any atom is -0.348 e. The normalized spacial score (nSPS) is 23.7. The van der Waals surface area contributed by atoms with Crippen LogP contribution in [0.25, 0.3) is 0 Å². The summed E-state index contributed by atoms with van der Waals surface area (Å²) in [6.45, 7) is 2.09. The number of nitrogens with zero attached hydrogens (tertiary/aromatic N) is 1. The number of likely N-dealkylation sites (tertiary alicyclic amines) is 1. The summed E-state index contributed by atoms with van der Waals surface area (Å²) in [5, 5.41) is 0. The van der Waals surface area contributed by atoms with E-state index in [1.54, 1.807) is 11.3 Å². The third kappa shape index (κ3) is 3.77.